The van der Waals surface area contributed by atoms with Crippen molar-refractivity contribution in [2.24, 2.45) is 4.99 Å². The van der Waals surface area contributed by atoms with E-state index in [1.807, 2.05) is 12.1 Å². The van der Waals surface area contributed by atoms with Gasteiger partial charge in [-0.3, -0.25) is 20.1 Å². The van der Waals surface area contributed by atoms with E-state index >= 15 is 0 Å². The highest BCUT2D eigenvalue weighted by Crippen LogP contribution is 2.35. The van der Waals surface area contributed by atoms with E-state index < -0.39 is 16.7 Å². The number of halogens is 3. The molecule has 2 heterocycles. The van der Waals surface area contributed by atoms with E-state index in [1.54, 1.807) is 12.3 Å². The van der Waals surface area contributed by atoms with E-state index in [0.29, 0.717) is 23.5 Å². The first-order valence-corrected chi connectivity index (χ1v) is 9.28. The zero-order chi connectivity index (χ0) is 20.9. The number of nitro groups is 1. The van der Waals surface area contributed by atoms with Gasteiger partial charge in [0.1, 0.15) is 0 Å². The predicted molar refractivity (Wildman–Crippen MR) is 106 cm³/mol. The van der Waals surface area contributed by atoms with Crippen LogP contribution in [0.15, 0.2) is 59.7 Å². The molecule has 0 aliphatic carbocycles. The summed E-state index contributed by atoms with van der Waals surface area (Å²) in [6.45, 7) is 0.454. The highest BCUT2D eigenvalue weighted by molar-refractivity contribution is 7.16. The standard InChI is InChI=1S/C19H15F3N4O2S/c20-19(21,22)13-4-6-16(24-10-8-14-3-1-2-9-23-14)17(11-13)25-12-15-5-7-18(29-15)26(27)28/h1-7,9,11-12,24H,8,10H2. The average Bonchev–Trinajstić information content (AvgIpc) is 3.16. The first kappa shape index (κ1) is 20.5. The number of hydrogen-bond acceptors (Lipinski definition) is 6. The van der Waals surface area contributed by atoms with Gasteiger partial charge >= 0.3 is 11.2 Å². The Hall–Kier alpha value is -3.27. The molecule has 0 aliphatic rings. The van der Waals surface area contributed by atoms with Crippen LogP contribution in [0.25, 0.3) is 0 Å². The molecule has 1 aromatic carbocycles. The molecular weight excluding hydrogens is 405 g/mol. The summed E-state index contributed by atoms with van der Waals surface area (Å²) in [4.78, 5) is 19.0. The highest BCUT2D eigenvalue weighted by Gasteiger charge is 2.31. The number of anilines is 1. The lowest BCUT2D eigenvalue weighted by Crippen LogP contribution is -2.08. The van der Waals surface area contributed by atoms with Gasteiger partial charge in [0.2, 0.25) is 0 Å². The Morgan fingerprint density at radius 3 is 2.69 bits per heavy atom. The number of nitrogens with zero attached hydrogens (tertiary/aromatic N) is 3. The van der Waals surface area contributed by atoms with Crippen LogP contribution in [0.5, 0.6) is 0 Å². The second-order valence-electron chi connectivity index (χ2n) is 5.92. The van der Waals surface area contributed by atoms with Gasteiger partial charge in [-0.15, -0.1) is 0 Å². The van der Waals surface area contributed by atoms with Gasteiger partial charge in [0.15, 0.2) is 0 Å². The fourth-order valence-electron chi connectivity index (χ4n) is 2.48. The van der Waals surface area contributed by atoms with Crippen molar-refractivity contribution in [1.82, 2.24) is 4.98 Å². The normalized spacial score (nSPS) is 11.7. The molecule has 2 aromatic heterocycles. The van der Waals surface area contributed by atoms with E-state index in [4.69, 9.17) is 0 Å². The second kappa shape index (κ2) is 8.82. The summed E-state index contributed by atoms with van der Waals surface area (Å²) in [6.07, 6.45) is -0.929. The Morgan fingerprint density at radius 1 is 1.21 bits per heavy atom. The summed E-state index contributed by atoms with van der Waals surface area (Å²) in [5.74, 6) is 0. The summed E-state index contributed by atoms with van der Waals surface area (Å²) < 4.78 is 39.2. The minimum Gasteiger partial charge on any atom is -0.383 e. The Labute approximate surface area is 167 Å². The molecule has 0 saturated carbocycles. The molecule has 0 aliphatic heterocycles. The molecule has 150 valence electrons. The fraction of sp³-hybridized carbons (Fsp3) is 0.158. The molecule has 10 heteroatoms. The molecular formula is C19H15F3N4O2S. The Balaban J connectivity index is 1.81. The van der Waals surface area contributed by atoms with Crippen molar-refractivity contribution in [2.45, 2.75) is 12.6 Å². The lowest BCUT2D eigenvalue weighted by Gasteiger charge is -2.12. The van der Waals surface area contributed by atoms with Gasteiger partial charge in [-0.1, -0.05) is 17.4 Å². The first-order valence-electron chi connectivity index (χ1n) is 8.46. The molecule has 0 atom stereocenters. The minimum absolute atomic E-state index is 0.0656. The smallest absolute Gasteiger partial charge is 0.383 e. The number of aromatic nitrogens is 1. The maximum atomic E-state index is 13.1. The van der Waals surface area contributed by atoms with Crippen molar-refractivity contribution < 1.29 is 18.1 Å². The topological polar surface area (TPSA) is 80.4 Å². The van der Waals surface area contributed by atoms with E-state index in [1.165, 1.54) is 24.4 Å². The number of alkyl halides is 3. The molecule has 0 bridgehead atoms. The summed E-state index contributed by atoms with van der Waals surface area (Å²) in [7, 11) is 0. The molecule has 0 unspecified atom stereocenters. The molecule has 0 radical (unpaired) electrons. The van der Waals surface area contributed by atoms with Gasteiger partial charge in [0.05, 0.1) is 26.7 Å². The fourth-order valence-corrected chi connectivity index (χ4v) is 3.17. The van der Waals surface area contributed by atoms with Crippen LogP contribution in [0.2, 0.25) is 0 Å². The van der Waals surface area contributed by atoms with E-state index in [-0.39, 0.29) is 10.7 Å². The quantitative estimate of drug-likeness (QED) is 0.312. The van der Waals surface area contributed by atoms with Crippen molar-refractivity contribution in [3.05, 3.63) is 81.0 Å². The third-order valence-electron chi connectivity index (χ3n) is 3.87. The number of nitrogens with one attached hydrogen (secondary N) is 1. The molecule has 1 N–H and O–H groups in total. The van der Waals surface area contributed by atoms with Crippen LogP contribution in [0.3, 0.4) is 0 Å². The molecule has 6 nitrogen and oxygen atoms in total. The molecule has 0 spiro atoms. The third-order valence-corrected chi connectivity index (χ3v) is 4.84. The molecule has 0 saturated heterocycles. The van der Waals surface area contributed by atoms with Gasteiger partial charge in [0, 0.05) is 37.1 Å². The number of pyridine rings is 1. The lowest BCUT2D eigenvalue weighted by atomic mass is 10.1. The number of aliphatic imine (C=N–C) groups is 1. The van der Waals surface area contributed by atoms with Crippen LogP contribution in [0.4, 0.5) is 29.5 Å². The average molecular weight is 420 g/mol. The van der Waals surface area contributed by atoms with Crippen LogP contribution in [-0.2, 0) is 12.6 Å². The Bertz CT molecular complexity index is 1020. The Kier molecular flexibility index (Phi) is 6.23. The van der Waals surface area contributed by atoms with Crippen molar-refractivity contribution in [3.63, 3.8) is 0 Å². The van der Waals surface area contributed by atoms with Crippen molar-refractivity contribution in [3.8, 4) is 0 Å². The number of hydrogen-bond donors (Lipinski definition) is 1. The SMILES string of the molecule is O=[N+]([O-])c1ccc(C=Nc2cc(C(F)(F)F)ccc2NCCc2ccccn2)s1. The molecule has 3 rings (SSSR count). The van der Waals surface area contributed by atoms with E-state index in [2.05, 4.69) is 15.3 Å². The van der Waals surface area contributed by atoms with Crippen LogP contribution >= 0.6 is 11.3 Å². The monoisotopic (exact) mass is 420 g/mol. The van der Waals surface area contributed by atoms with Crippen LogP contribution in [0, 0.1) is 10.1 Å². The summed E-state index contributed by atoms with van der Waals surface area (Å²) in [6, 6.07) is 11.6. The Morgan fingerprint density at radius 2 is 2.03 bits per heavy atom. The number of rotatable bonds is 7. The van der Waals surface area contributed by atoms with Gasteiger partial charge in [-0.05, 0) is 36.4 Å². The zero-order valence-corrected chi connectivity index (χ0v) is 15.7. The number of benzene rings is 1. The van der Waals surface area contributed by atoms with Gasteiger partial charge in [-0.25, -0.2) is 0 Å². The van der Waals surface area contributed by atoms with E-state index in [0.717, 1.165) is 29.2 Å². The summed E-state index contributed by atoms with van der Waals surface area (Å²) >= 11 is 0.892. The van der Waals surface area contributed by atoms with Crippen molar-refractivity contribution >= 4 is 33.9 Å². The maximum Gasteiger partial charge on any atom is 0.416 e. The second-order valence-corrected chi connectivity index (χ2v) is 7.01. The largest absolute Gasteiger partial charge is 0.416 e. The van der Waals surface area contributed by atoms with Crippen molar-refractivity contribution in [2.75, 3.05) is 11.9 Å². The zero-order valence-electron chi connectivity index (χ0n) is 14.9. The molecule has 3 aromatic rings. The maximum absolute atomic E-state index is 13.1. The molecule has 0 amide bonds. The lowest BCUT2D eigenvalue weighted by molar-refractivity contribution is -0.380. The molecule has 29 heavy (non-hydrogen) atoms. The van der Waals surface area contributed by atoms with Crippen LogP contribution in [0.1, 0.15) is 16.1 Å². The molecule has 0 fully saturated rings. The summed E-state index contributed by atoms with van der Waals surface area (Å²) in [5.41, 5.74) is 0.549. The minimum atomic E-state index is -4.50. The van der Waals surface area contributed by atoms with Gasteiger partial charge < -0.3 is 5.32 Å². The van der Waals surface area contributed by atoms with Crippen LogP contribution in [-0.4, -0.2) is 22.7 Å². The van der Waals surface area contributed by atoms with Gasteiger partial charge in [0.25, 0.3) is 0 Å². The van der Waals surface area contributed by atoms with E-state index in [9.17, 15) is 23.3 Å². The number of thiophene rings is 1. The van der Waals surface area contributed by atoms with Gasteiger partial charge in [-0.2, -0.15) is 13.2 Å². The van der Waals surface area contributed by atoms with Crippen LogP contribution < -0.4 is 5.32 Å². The highest BCUT2D eigenvalue weighted by atomic mass is 32.1. The predicted octanol–water partition coefficient (Wildman–Crippen LogP) is 5.48. The first-order chi connectivity index (χ1) is 13.8. The summed E-state index contributed by atoms with van der Waals surface area (Å²) in [5, 5.41) is 13.8. The van der Waals surface area contributed by atoms with Crippen molar-refractivity contribution in [1.29, 1.82) is 0 Å². The third kappa shape index (κ3) is 5.61.